The van der Waals surface area contributed by atoms with Gasteiger partial charge in [0, 0.05) is 37.6 Å². The van der Waals surface area contributed by atoms with Crippen molar-refractivity contribution in [2.45, 2.75) is 31.7 Å². The molecule has 4 heterocycles. The van der Waals surface area contributed by atoms with E-state index in [1.165, 1.54) is 12.8 Å². The molecule has 2 aliphatic rings. The molecule has 24 heavy (non-hydrogen) atoms. The molecule has 6 nitrogen and oxygen atoms in total. The van der Waals surface area contributed by atoms with Crippen molar-refractivity contribution in [1.82, 2.24) is 25.3 Å². The van der Waals surface area contributed by atoms with Crippen LogP contribution in [0.1, 0.15) is 25.0 Å². The van der Waals surface area contributed by atoms with Gasteiger partial charge in [-0.05, 0) is 49.9 Å². The van der Waals surface area contributed by atoms with Gasteiger partial charge in [0.1, 0.15) is 5.65 Å². The van der Waals surface area contributed by atoms with Gasteiger partial charge in [-0.3, -0.25) is 4.79 Å². The summed E-state index contributed by atoms with van der Waals surface area (Å²) in [7, 11) is 0. The molecule has 0 aliphatic carbocycles. The zero-order valence-electron chi connectivity index (χ0n) is 13.9. The van der Waals surface area contributed by atoms with Gasteiger partial charge in [-0.25, -0.2) is 4.98 Å². The first-order valence-corrected chi connectivity index (χ1v) is 8.89. The van der Waals surface area contributed by atoms with Crippen molar-refractivity contribution in [2.24, 2.45) is 5.41 Å². The Labute approximate surface area is 142 Å². The number of carbonyl (C=O) groups excluding carboxylic acids is 1. The fourth-order valence-electron chi connectivity index (χ4n) is 4.05. The molecule has 2 aromatic rings. The molecule has 2 aliphatic heterocycles. The van der Waals surface area contributed by atoms with E-state index in [9.17, 15) is 4.79 Å². The number of carbonyl (C=O) groups is 1. The van der Waals surface area contributed by atoms with Gasteiger partial charge < -0.3 is 20.4 Å². The lowest BCUT2D eigenvalue weighted by molar-refractivity contribution is -0.122. The van der Waals surface area contributed by atoms with Crippen LogP contribution in [0.5, 0.6) is 0 Å². The lowest BCUT2D eigenvalue weighted by Crippen LogP contribution is -2.41. The highest BCUT2D eigenvalue weighted by atomic mass is 16.2. The van der Waals surface area contributed by atoms with Crippen LogP contribution < -0.4 is 16.0 Å². The number of piperidine rings is 1. The van der Waals surface area contributed by atoms with Crippen LogP contribution in [0, 0.1) is 5.41 Å². The quantitative estimate of drug-likeness (QED) is 0.774. The van der Waals surface area contributed by atoms with Gasteiger partial charge in [-0.2, -0.15) is 0 Å². The molecule has 128 valence electrons. The molecule has 1 spiro atoms. The number of rotatable bonds is 4. The molecule has 0 aromatic carbocycles. The lowest BCUT2D eigenvalue weighted by atomic mass is 9.77. The second-order valence-corrected chi connectivity index (χ2v) is 7.11. The van der Waals surface area contributed by atoms with E-state index in [-0.39, 0.29) is 11.9 Å². The first-order chi connectivity index (χ1) is 11.8. The van der Waals surface area contributed by atoms with Gasteiger partial charge in [0.2, 0.25) is 5.91 Å². The maximum Gasteiger partial charge on any atom is 0.237 e. The number of amides is 1. The molecule has 2 fully saturated rings. The predicted octanol–water partition coefficient (Wildman–Crippen LogP) is 0.725. The van der Waals surface area contributed by atoms with Crippen molar-refractivity contribution in [2.75, 3.05) is 26.2 Å². The number of aromatic nitrogens is 2. The Morgan fingerprint density at radius 3 is 3.12 bits per heavy atom. The number of nitrogens with one attached hydrogen (secondary N) is 3. The van der Waals surface area contributed by atoms with Crippen molar-refractivity contribution < 1.29 is 4.79 Å². The number of pyridine rings is 1. The minimum Gasteiger partial charge on any atom is -0.354 e. The van der Waals surface area contributed by atoms with Crippen LogP contribution in [-0.4, -0.2) is 47.5 Å². The molecule has 0 bridgehead atoms. The van der Waals surface area contributed by atoms with Gasteiger partial charge in [0.05, 0.1) is 6.04 Å². The highest BCUT2D eigenvalue weighted by Crippen LogP contribution is 2.37. The summed E-state index contributed by atoms with van der Waals surface area (Å²) in [6.07, 6.45) is 8.00. The highest BCUT2D eigenvalue weighted by molar-refractivity contribution is 5.82. The van der Waals surface area contributed by atoms with Crippen LogP contribution in [0.4, 0.5) is 0 Å². The Bertz CT molecular complexity index is 719. The molecule has 6 heteroatoms. The Hall–Kier alpha value is -1.92. The third-order valence-electron chi connectivity index (χ3n) is 5.52. The Balaban J connectivity index is 1.29. The summed E-state index contributed by atoms with van der Waals surface area (Å²) in [6.45, 7) is 3.77. The smallest absolute Gasteiger partial charge is 0.237 e. The third-order valence-corrected chi connectivity index (χ3v) is 5.52. The number of hydrogen-bond acceptors (Lipinski definition) is 4. The van der Waals surface area contributed by atoms with Crippen molar-refractivity contribution in [1.29, 1.82) is 0 Å². The van der Waals surface area contributed by atoms with Crippen LogP contribution in [0.3, 0.4) is 0 Å². The van der Waals surface area contributed by atoms with Gasteiger partial charge >= 0.3 is 0 Å². The first-order valence-electron chi connectivity index (χ1n) is 8.89. The molecule has 0 radical (unpaired) electrons. The van der Waals surface area contributed by atoms with Crippen molar-refractivity contribution in [3.8, 4) is 0 Å². The minimum absolute atomic E-state index is 0.0368. The lowest BCUT2D eigenvalue weighted by Gasteiger charge is -2.33. The number of nitrogens with zero attached hydrogens (tertiary/aromatic N) is 2. The summed E-state index contributed by atoms with van der Waals surface area (Å²) < 4.78 is 2.07. The number of fused-ring (bicyclic) bond motifs is 1. The zero-order valence-corrected chi connectivity index (χ0v) is 13.9. The average molecular weight is 327 g/mol. The summed E-state index contributed by atoms with van der Waals surface area (Å²) in [5.41, 5.74) is 2.40. The molecule has 2 aromatic heterocycles. The van der Waals surface area contributed by atoms with E-state index in [1.807, 2.05) is 30.6 Å². The summed E-state index contributed by atoms with van der Waals surface area (Å²) in [4.78, 5) is 16.8. The average Bonchev–Trinajstić information content (AvgIpc) is 3.21. The SMILES string of the molecule is O=C(NCCc1cnc2ccccn12)[C@H]1CC2(CCNCC2)CN1. The topological polar surface area (TPSA) is 70.5 Å². The molecular weight excluding hydrogens is 302 g/mol. The minimum atomic E-state index is -0.0368. The standard InChI is InChI=1S/C18H25N5O/c24-17(15-11-18(13-22-15)5-8-19-9-6-18)20-7-4-14-12-21-16-3-1-2-10-23(14)16/h1-3,10,12,15,19,22H,4-9,11,13H2,(H,20,24)/t15-/m1/s1. The van der Waals surface area contributed by atoms with E-state index >= 15 is 0 Å². The van der Waals surface area contributed by atoms with E-state index in [0.29, 0.717) is 12.0 Å². The molecular formula is C18H25N5O. The normalized spacial score (nSPS) is 22.9. The van der Waals surface area contributed by atoms with Crippen molar-refractivity contribution in [3.63, 3.8) is 0 Å². The van der Waals surface area contributed by atoms with Crippen LogP contribution >= 0.6 is 0 Å². The fraction of sp³-hybridized carbons (Fsp3) is 0.556. The van der Waals surface area contributed by atoms with E-state index in [0.717, 1.165) is 43.8 Å². The van der Waals surface area contributed by atoms with E-state index in [4.69, 9.17) is 0 Å². The second kappa shape index (κ2) is 6.53. The second-order valence-electron chi connectivity index (χ2n) is 7.11. The van der Waals surface area contributed by atoms with Crippen LogP contribution in [0.2, 0.25) is 0 Å². The van der Waals surface area contributed by atoms with E-state index < -0.39 is 0 Å². The van der Waals surface area contributed by atoms with E-state index in [2.05, 4.69) is 25.3 Å². The summed E-state index contributed by atoms with van der Waals surface area (Å²) >= 11 is 0. The van der Waals surface area contributed by atoms with Gasteiger partial charge in [-0.1, -0.05) is 6.07 Å². The Morgan fingerprint density at radius 1 is 1.38 bits per heavy atom. The zero-order chi connectivity index (χ0) is 16.4. The van der Waals surface area contributed by atoms with Crippen LogP contribution in [0.15, 0.2) is 30.6 Å². The maximum absolute atomic E-state index is 12.5. The Morgan fingerprint density at radius 2 is 2.25 bits per heavy atom. The predicted molar refractivity (Wildman–Crippen MR) is 92.9 cm³/mol. The molecule has 1 atom stereocenters. The van der Waals surface area contributed by atoms with Crippen molar-refractivity contribution in [3.05, 3.63) is 36.3 Å². The molecule has 0 saturated carbocycles. The van der Waals surface area contributed by atoms with Crippen LogP contribution in [0.25, 0.3) is 5.65 Å². The van der Waals surface area contributed by atoms with E-state index in [1.54, 1.807) is 0 Å². The Kier molecular flexibility index (Phi) is 4.24. The first kappa shape index (κ1) is 15.6. The van der Waals surface area contributed by atoms with Crippen molar-refractivity contribution >= 4 is 11.6 Å². The molecule has 3 N–H and O–H groups in total. The molecule has 4 rings (SSSR count). The van der Waals surface area contributed by atoms with Gasteiger partial charge in [0.15, 0.2) is 0 Å². The molecule has 2 saturated heterocycles. The summed E-state index contributed by atoms with van der Waals surface area (Å²) in [5.74, 6) is 0.138. The molecule has 0 unspecified atom stereocenters. The maximum atomic E-state index is 12.5. The summed E-state index contributed by atoms with van der Waals surface area (Å²) in [6, 6.07) is 5.93. The fourth-order valence-corrected chi connectivity index (χ4v) is 4.05. The number of hydrogen-bond donors (Lipinski definition) is 3. The third kappa shape index (κ3) is 3.03. The monoisotopic (exact) mass is 327 g/mol. The van der Waals surface area contributed by atoms with Gasteiger partial charge in [0.25, 0.3) is 0 Å². The number of imidazole rings is 1. The highest BCUT2D eigenvalue weighted by Gasteiger charge is 2.41. The molecule has 1 amide bonds. The van der Waals surface area contributed by atoms with Crippen LogP contribution in [-0.2, 0) is 11.2 Å². The summed E-state index contributed by atoms with van der Waals surface area (Å²) in [5, 5.41) is 9.93. The largest absolute Gasteiger partial charge is 0.354 e. The van der Waals surface area contributed by atoms with Gasteiger partial charge in [-0.15, -0.1) is 0 Å².